The third kappa shape index (κ3) is 1.72. The summed E-state index contributed by atoms with van der Waals surface area (Å²) in [5, 5.41) is 9.55. The van der Waals surface area contributed by atoms with Crippen molar-refractivity contribution in [3.63, 3.8) is 0 Å². The summed E-state index contributed by atoms with van der Waals surface area (Å²) in [6.07, 6.45) is 5.04. The van der Waals surface area contributed by atoms with E-state index in [1.165, 1.54) is 5.57 Å². The van der Waals surface area contributed by atoms with Crippen LogP contribution in [-0.4, -0.2) is 11.2 Å². The van der Waals surface area contributed by atoms with Gasteiger partial charge in [-0.05, 0) is 18.9 Å². The molecule has 1 N–H and O–H groups in total. The summed E-state index contributed by atoms with van der Waals surface area (Å²) < 4.78 is 0. The van der Waals surface area contributed by atoms with Crippen LogP contribution in [0.5, 0.6) is 0 Å². The Balaban J connectivity index is 2.82. The number of hydrogen-bond acceptors (Lipinski definition) is 1. The van der Waals surface area contributed by atoms with Gasteiger partial charge in [0.15, 0.2) is 0 Å². The second-order valence-corrected chi connectivity index (χ2v) is 3.29. The van der Waals surface area contributed by atoms with Gasteiger partial charge in [0.2, 0.25) is 0 Å². The van der Waals surface area contributed by atoms with E-state index in [0.29, 0.717) is 0 Å². The summed E-state index contributed by atoms with van der Waals surface area (Å²) >= 11 is 0. The van der Waals surface area contributed by atoms with Gasteiger partial charge in [-0.25, -0.2) is 0 Å². The summed E-state index contributed by atoms with van der Waals surface area (Å²) in [6, 6.07) is 0. The maximum atomic E-state index is 9.55. The highest BCUT2D eigenvalue weighted by molar-refractivity contribution is 5.30. The van der Waals surface area contributed by atoms with Crippen molar-refractivity contribution in [1.82, 2.24) is 0 Å². The van der Waals surface area contributed by atoms with E-state index in [0.717, 1.165) is 12.0 Å². The van der Waals surface area contributed by atoms with E-state index < -0.39 is 0 Å². The predicted octanol–water partition coefficient (Wildman–Crippen LogP) is 2.28. The smallest absolute Gasteiger partial charge is 0.0810 e. The topological polar surface area (TPSA) is 20.2 Å². The molecule has 62 valence electrons. The normalized spacial score (nSPS) is 31.3. The van der Waals surface area contributed by atoms with E-state index >= 15 is 0 Å². The fraction of sp³-hybridized carbons (Fsp3) is 0.600. The minimum absolute atomic E-state index is 0.259. The average Bonchev–Trinajstić information content (AvgIpc) is 1.99. The van der Waals surface area contributed by atoms with E-state index in [2.05, 4.69) is 26.0 Å². The molecule has 0 amide bonds. The van der Waals surface area contributed by atoms with Crippen LogP contribution < -0.4 is 0 Å². The van der Waals surface area contributed by atoms with E-state index in [9.17, 15) is 5.11 Å². The number of hydrogen-bond donors (Lipinski definition) is 1. The molecule has 2 atom stereocenters. The van der Waals surface area contributed by atoms with Gasteiger partial charge in [-0.2, -0.15) is 0 Å². The lowest BCUT2D eigenvalue weighted by atomic mass is 9.89. The maximum Gasteiger partial charge on any atom is 0.0810 e. The SMILES string of the molecule is CCC1=CC(C)C(O)C(C)=C1. The summed E-state index contributed by atoms with van der Waals surface area (Å²) in [5.74, 6) is 0.287. The zero-order valence-corrected chi connectivity index (χ0v) is 7.46. The molecular weight excluding hydrogens is 136 g/mol. The molecule has 11 heavy (non-hydrogen) atoms. The number of aliphatic hydroxyl groups excluding tert-OH is 1. The molecule has 0 bridgehead atoms. The molecule has 0 saturated heterocycles. The molecular formula is C10H16O. The number of aliphatic hydroxyl groups is 1. The van der Waals surface area contributed by atoms with Gasteiger partial charge < -0.3 is 5.11 Å². The van der Waals surface area contributed by atoms with Gasteiger partial charge in [0.25, 0.3) is 0 Å². The Hall–Kier alpha value is -0.560. The highest BCUT2D eigenvalue weighted by Crippen LogP contribution is 2.23. The van der Waals surface area contributed by atoms with Gasteiger partial charge in [0.05, 0.1) is 6.10 Å². The van der Waals surface area contributed by atoms with Gasteiger partial charge in [0.1, 0.15) is 0 Å². The van der Waals surface area contributed by atoms with Gasteiger partial charge in [-0.1, -0.05) is 31.6 Å². The lowest BCUT2D eigenvalue weighted by molar-refractivity contribution is 0.170. The van der Waals surface area contributed by atoms with Crippen molar-refractivity contribution in [2.75, 3.05) is 0 Å². The van der Waals surface area contributed by atoms with Crippen LogP contribution in [0.25, 0.3) is 0 Å². The first-order chi connectivity index (χ1) is 5.15. The Morgan fingerprint density at radius 1 is 1.55 bits per heavy atom. The van der Waals surface area contributed by atoms with Crippen LogP contribution in [0, 0.1) is 5.92 Å². The van der Waals surface area contributed by atoms with Crippen LogP contribution in [-0.2, 0) is 0 Å². The summed E-state index contributed by atoms with van der Waals surface area (Å²) in [6.45, 7) is 6.18. The van der Waals surface area contributed by atoms with Crippen LogP contribution in [0.4, 0.5) is 0 Å². The second-order valence-electron chi connectivity index (χ2n) is 3.29. The molecule has 0 aromatic rings. The zero-order valence-electron chi connectivity index (χ0n) is 7.46. The standard InChI is InChI=1S/C10H16O/c1-4-9-5-7(2)10(11)8(3)6-9/h5-7,10-11H,4H2,1-3H3. The van der Waals surface area contributed by atoms with Crippen molar-refractivity contribution in [3.05, 3.63) is 23.3 Å². The van der Waals surface area contributed by atoms with Gasteiger partial charge in [-0.15, -0.1) is 0 Å². The molecule has 2 unspecified atom stereocenters. The Morgan fingerprint density at radius 3 is 2.64 bits per heavy atom. The van der Waals surface area contributed by atoms with E-state index in [1.807, 2.05) is 6.92 Å². The van der Waals surface area contributed by atoms with Crippen molar-refractivity contribution >= 4 is 0 Å². The monoisotopic (exact) mass is 152 g/mol. The van der Waals surface area contributed by atoms with E-state index in [1.54, 1.807) is 0 Å². The Morgan fingerprint density at radius 2 is 2.18 bits per heavy atom. The Labute approximate surface area is 68.4 Å². The molecule has 0 spiro atoms. The van der Waals surface area contributed by atoms with Crippen molar-refractivity contribution in [3.8, 4) is 0 Å². The third-order valence-electron chi connectivity index (χ3n) is 2.26. The van der Waals surface area contributed by atoms with Crippen molar-refractivity contribution < 1.29 is 5.11 Å². The van der Waals surface area contributed by atoms with Crippen molar-refractivity contribution in [2.45, 2.75) is 33.3 Å². The predicted molar refractivity (Wildman–Crippen MR) is 47.3 cm³/mol. The highest BCUT2D eigenvalue weighted by Gasteiger charge is 2.17. The molecule has 0 aliphatic heterocycles. The molecule has 0 fully saturated rings. The molecule has 1 heteroatoms. The van der Waals surface area contributed by atoms with E-state index in [4.69, 9.17) is 0 Å². The average molecular weight is 152 g/mol. The van der Waals surface area contributed by atoms with Crippen LogP contribution in [0.15, 0.2) is 23.3 Å². The third-order valence-corrected chi connectivity index (χ3v) is 2.26. The van der Waals surface area contributed by atoms with Crippen LogP contribution in [0.2, 0.25) is 0 Å². The Kier molecular flexibility index (Phi) is 2.50. The van der Waals surface area contributed by atoms with Crippen molar-refractivity contribution in [2.24, 2.45) is 5.92 Å². The molecule has 0 saturated carbocycles. The molecule has 1 aliphatic rings. The first kappa shape index (κ1) is 8.54. The summed E-state index contributed by atoms with van der Waals surface area (Å²) in [7, 11) is 0. The number of rotatable bonds is 1. The van der Waals surface area contributed by atoms with Crippen LogP contribution in [0.1, 0.15) is 27.2 Å². The summed E-state index contributed by atoms with van der Waals surface area (Å²) in [4.78, 5) is 0. The van der Waals surface area contributed by atoms with E-state index in [-0.39, 0.29) is 12.0 Å². The van der Waals surface area contributed by atoms with Gasteiger partial charge in [-0.3, -0.25) is 0 Å². The summed E-state index contributed by atoms with van der Waals surface area (Å²) in [5.41, 5.74) is 2.44. The van der Waals surface area contributed by atoms with Gasteiger partial charge in [0, 0.05) is 5.92 Å². The Bertz CT molecular complexity index is 201. The molecule has 1 rings (SSSR count). The molecule has 1 aliphatic carbocycles. The molecule has 0 heterocycles. The molecule has 0 aromatic carbocycles. The lowest BCUT2D eigenvalue weighted by Gasteiger charge is -2.22. The molecule has 0 aromatic heterocycles. The minimum atomic E-state index is -0.259. The maximum absolute atomic E-state index is 9.55. The molecule has 1 nitrogen and oxygen atoms in total. The van der Waals surface area contributed by atoms with Crippen LogP contribution in [0.3, 0.4) is 0 Å². The first-order valence-corrected chi connectivity index (χ1v) is 4.22. The fourth-order valence-corrected chi connectivity index (χ4v) is 1.49. The van der Waals surface area contributed by atoms with Crippen molar-refractivity contribution in [1.29, 1.82) is 0 Å². The largest absolute Gasteiger partial charge is 0.388 e. The lowest BCUT2D eigenvalue weighted by Crippen LogP contribution is -2.20. The zero-order chi connectivity index (χ0) is 8.43. The highest BCUT2D eigenvalue weighted by atomic mass is 16.3. The fourth-order valence-electron chi connectivity index (χ4n) is 1.49. The second kappa shape index (κ2) is 3.22. The first-order valence-electron chi connectivity index (χ1n) is 4.22. The number of allylic oxidation sites excluding steroid dienone is 2. The van der Waals surface area contributed by atoms with Crippen LogP contribution >= 0.6 is 0 Å². The van der Waals surface area contributed by atoms with Gasteiger partial charge >= 0.3 is 0 Å². The quantitative estimate of drug-likeness (QED) is 0.611. The molecule has 0 radical (unpaired) electrons. The minimum Gasteiger partial charge on any atom is -0.388 e.